The smallest absolute Gasteiger partial charge is 0.329 e. The first-order valence-corrected chi connectivity index (χ1v) is 7.72. The van der Waals surface area contributed by atoms with Crippen molar-refractivity contribution < 1.29 is 18.3 Å². The third-order valence-electron chi connectivity index (χ3n) is 2.95. The fraction of sp³-hybridized carbons (Fsp3) is 0.417. The Kier molecular flexibility index (Phi) is 4.15. The summed E-state index contributed by atoms with van der Waals surface area (Å²) in [6.07, 6.45) is 2.17. The Balaban J connectivity index is 1.95. The molecule has 0 saturated heterocycles. The second kappa shape index (κ2) is 5.68. The molecule has 0 spiro atoms. The number of urea groups is 1. The highest BCUT2D eigenvalue weighted by molar-refractivity contribution is 7.89. The number of benzene rings is 1. The van der Waals surface area contributed by atoms with E-state index in [-0.39, 0.29) is 10.6 Å². The lowest BCUT2D eigenvalue weighted by Gasteiger charge is -2.11. The first-order chi connectivity index (χ1) is 9.38. The first kappa shape index (κ1) is 14.6. The summed E-state index contributed by atoms with van der Waals surface area (Å²) >= 11 is 0. The van der Waals surface area contributed by atoms with Crippen molar-refractivity contribution in [3.8, 4) is 5.75 Å². The fourth-order valence-electron chi connectivity index (χ4n) is 1.61. The van der Waals surface area contributed by atoms with Crippen molar-refractivity contribution in [2.75, 3.05) is 6.54 Å². The molecule has 1 fully saturated rings. The van der Waals surface area contributed by atoms with Crippen LogP contribution in [0.15, 0.2) is 23.1 Å². The minimum atomic E-state index is -4.00. The van der Waals surface area contributed by atoms with Crippen LogP contribution in [0.25, 0.3) is 0 Å². The van der Waals surface area contributed by atoms with Crippen molar-refractivity contribution >= 4 is 16.1 Å². The van der Waals surface area contributed by atoms with E-state index in [1.54, 1.807) is 13.0 Å². The molecule has 8 heteroatoms. The maximum Gasteiger partial charge on any atom is 0.329 e. The van der Waals surface area contributed by atoms with Gasteiger partial charge in [0.25, 0.3) is 10.0 Å². The summed E-state index contributed by atoms with van der Waals surface area (Å²) in [5, 5.41) is 12.1. The molecule has 20 heavy (non-hydrogen) atoms. The van der Waals surface area contributed by atoms with Gasteiger partial charge in [-0.1, -0.05) is 6.07 Å². The summed E-state index contributed by atoms with van der Waals surface area (Å²) in [7, 11) is -4.00. The van der Waals surface area contributed by atoms with Crippen LogP contribution >= 0.6 is 0 Å². The van der Waals surface area contributed by atoms with E-state index in [9.17, 15) is 18.3 Å². The van der Waals surface area contributed by atoms with Gasteiger partial charge in [0.05, 0.1) is 0 Å². The summed E-state index contributed by atoms with van der Waals surface area (Å²) in [5.41, 5.74) is 2.73. The summed E-state index contributed by atoms with van der Waals surface area (Å²) in [6.45, 7) is 2.23. The number of nitrogens with one attached hydrogen (secondary N) is 3. The number of aromatic hydroxyl groups is 1. The van der Waals surface area contributed by atoms with E-state index in [2.05, 4.69) is 10.7 Å². The van der Waals surface area contributed by atoms with Crippen molar-refractivity contribution in [2.45, 2.75) is 24.7 Å². The van der Waals surface area contributed by atoms with Gasteiger partial charge in [-0.15, -0.1) is 4.83 Å². The molecule has 2 amide bonds. The molecule has 2 rings (SSSR count). The molecule has 0 heterocycles. The number of aryl methyl sites for hydroxylation is 1. The number of amides is 2. The van der Waals surface area contributed by atoms with Crippen LogP contribution in [0.4, 0.5) is 4.79 Å². The predicted molar refractivity (Wildman–Crippen MR) is 72.4 cm³/mol. The Bertz CT molecular complexity index is 611. The van der Waals surface area contributed by atoms with E-state index in [0.717, 1.165) is 12.8 Å². The predicted octanol–water partition coefficient (Wildman–Crippen LogP) is 0.603. The molecule has 0 unspecified atom stereocenters. The molecule has 1 aliphatic carbocycles. The molecular formula is C12H17N3O4S. The lowest BCUT2D eigenvalue weighted by Crippen LogP contribution is -2.47. The SMILES string of the molecule is Cc1ccc(O)c(S(=O)(=O)NNC(=O)NCC2CC2)c1. The molecule has 0 aromatic heterocycles. The average molecular weight is 299 g/mol. The molecule has 110 valence electrons. The van der Waals surface area contributed by atoms with E-state index >= 15 is 0 Å². The molecule has 1 saturated carbocycles. The number of hydrogen-bond donors (Lipinski definition) is 4. The minimum Gasteiger partial charge on any atom is -0.507 e. The Morgan fingerprint density at radius 2 is 2.10 bits per heavy atom. The van der Waals surface area contributed by atoms with Crippen LogP contribution in [0.5, 0.6) is 5.75 Å². The Labute approximate surface area is 117 Å². The maximum absolute atomic E-state index is 11.9. The van der Waals surface area contributed by atoms with Gasteiger partial charge >= 0.3 is 6.03 Å². The van der Waals surface area contributed by atoms with E-state index in [0.29, 0.717) is 18.0 Å². The van der Waals surface area contributed by atoms with Crippen molar-refractivity contribution in [2.24, 2.45) is 5.92 Å². The van der Waals surface area contributed by atoms with E-state index in [1.165, 1.54) is 12.1 Å². The molecule has 4 N–H and O–H groups in total. The normalized spacial score (nSPS) is 14.8. The topological polar surface area (TPSA) is 108 Å². The van der Waals surface area contributed by atoms with Gasteiger partial charge in [0, 0.05) is 6.54 Å². The molecule has 0 aliphatic heterocycles. The molecule has 1 aromatic rings. The summed E-state index contributed by atoms with van der Waals surface area (Å²) in [6, 6.07) is 3.58. The lowest BCUT2D eigenvalue weighted by molar-refractivity contribution is 0.239. The van der Waals surface area contributed by atoms with Crippen LogP contribution in [0.3, 0.4) is 0 Å². The van der Waals surface area contributed by atoms with Gasteiger partial charge in [-0.2, -0.15) is 0 Å². The van der Waals surface area contributed by atoms with Gasteiger partial charge in [-0.3, -0.25) is 5.43 Å². The molecular weight excluding hydrogens is 282 g/mol. The van der Waals surface area contributed by atoms with Crippen LogP contribution in [-0.2, 0) is 10.0 Å². The van der Waals surface area contributed by atoms with Crippen molar-refractivity contribution in [1.82, 2.24) is 15.6 Å². The van der Waals surface area contributed by atoms with Gasteiger partial charge in [0.15, 0.2) is 0 Å². The second-order valence-corrected chi connectivity index (χ2v) is 6.51. The quantitative estimate of drug-likeness (QED) is 0.597. The molecule has 0 radical (unpaired) electrons. The third kappa shape index (κ3) is 3.84. The van der Waals surface area contributed by atoms with Crippen LogP contribution < -0.4 is 15.6 Å². The molecule has 1 aliphatic rings. The number of rotatable bonds is 5. The van der Waals surface area contributed by atoms with E-state index in [4.69, 9.17) is 0 Å². The highest BCUT2D eigenvalue weighted by Crippen LogP contribution is 2.27. The molecule has 0 bridgehead atoms. The number of phenols is 1. The number of carbonyl (C=O) groups excluding carboxylic acids is 1. The molecule has 0 atom stereocenters. The number of carbonyl (C=O) groups is 1. The zero-order chi connectivity index (χ0) is 14.8. The molecule has 7 nitrogen and oxygen atoms in total. The number of hydrazine groups is 1. The largest absolute Gasteiger partial charge is 0.507 e. The fourth-order valence-corrected chi connectivity index (χ4v) is 2.63. The van der Waals surface area contributed by atoms with Crippen LogP contribution in [0, 0.1) is 12.8 Å². The van der Waals surface area contributed by atoms with Gasteiger partial charge in [0.2, 0.25) is 0 Å². The van der Waals surface area contributed by atoms with E-state index in [1.807, 2.05) is 4.83 Å². The van der Waals surface area contributed by atoms with Gasteiger partial charge < -0.3 is 10.4 Å². The monoisotopic (exact) mass is 299 g/mol. The molecule has 1 aromatic carbocycles. The van der Waals surface area contributed by atoms with Gasteiger partial charge in [0.1, 0.15) is 10.6 Å². The Morgan fingerprint density at radius 1 is 1.40 bits per heavy atom. The summed E-state index contributed by atoms with van der Waals surface area (Å²) in [4.78, 5) is 13.1. The Morgan fingerprint density at radius 3 is 2.75 bits per heavy atom. The zero-order valence-corrected chi connectivity index (χ0v) is 11.8. The maximum atomic E-state index is 11.9. The number of phenolic OH excluding ortho intramolecular Hbond substituents is 1. The zero-order valence-electron chi connectivity index (χ0n) is 11.0. The van der Waals surface area contributed by atoms with Crippen LogP contribution in [0.1, 0.15) is 18.4 Å². The standard InChI is InChI=1S/C12H17N3O4S/c1-8-2-5-10(16)11(6-8)20(18,19)15-14-12(17)13-7-9-3-4-9/h2,5-6,9,15-16H,3-4,7H2,1H3,(H2,13,14,17). The lowest BCUT2D eigenvalue weighted by atomic mass is 10.2. The van der Waals surface area contributed by atoms with Gasteiger partial charge in [-0.25, -0.2) is 13.2 Å². The second-order valence-electron chi connectivity index (χ2n) is 4.86. The number of sulfonamides is 1. The van der Waals surface area contributed by atoms with Crippen molar-refractivity contribution in [1.29, 1.82) is 0 Å². The minimum absolute atomic E-state index is 0.278. The van der Waals surface area contributed by atoms with Crippen molar-refractivity contribution in [3.63, 3.8) is 0 Å². The Hall–Kier alpha value is -1.80. The average Bonchev–Trinajstić information content (AvgIpc) is 3.21. The van der Waals surface area contributed by atoms with E-state index < -0.39 is 16.1 Å². The first-order valence-electron chi connectivity index (χ1n) is 6.24. The summed E-state index contributed by atoms with van der Waals surface area (Å²) < 4.78 is 23.9. The third-order valence-corrected chi connectivity index (χ3v) is 4.23. The van der Waals surface area contributed by atoms with Crippen LogP contribution in [0.2, 0.25) is 0 Å². The van der Waals surface area contributed by atoms with Crippen LogP contribution in [-0.4, -0.2) is 26.1 Å². The van der Waals surface area contributed by atoms with Gasteiger partial charge in [-0.05, 0) is 43.4 Å². The highest BCUT2D eigenvalue weighted by atomic mass is 32.2. The summed E-state index contributed by atoms with van der Waals surface area (Å²) in [5.74, 6) is 0.126. The van der Waals surface area contributed by atoms with Crippen molar-refractivity contribution in [3.05, 3.63) is 23.8 Å². The number of hydrogen-bond acceptors (Lipinski definition) is 4. The highest BCUT2D eigenvalue weighted by Gasteiger charge is 2.23.